The summed E-state index contributed by atoms with van der Waals surface area (Å²) in [4.78, 5) is 14.7. The van der Waals surface area contributed by atoms with Gasteiger partial charge >= 0.3 is 0 Å². The monoisotopic (exact) mass is 471 g/mol. The maximum absolute atomic E-state index is 14.5. The molecule has 1 N–H and O–H groups in total. The third-order valence-corrected chi connectivity index (χ3v) is 6.70. The fourth-order valence-electron chi connectivity index (χ4n) is 4.60. The molecule has 35 heavy (non-hydrogen) atoms. The highest BCUT2D eigenvalue weighted by atomic mass is 19.2. The van der Waals surface area contributed by atoms with Gasteiger partial charge in [0.1, 0.15) is 17.8 Å². The van der Waals surface area contributed by atoms with Crippen LogP contribution in [0, 0.1) is 17.6 Å². The highest BCUT2D eigenvalue weighted by molar-refractivity contribution is 5.94. The Morgan fingerprint density at radius 2 is 1.83 bits per heavy atom. The lowest BCUT2D eigenvalue weighted by Crippen LogP contribution is -2.33. The van der Waals surface area contributed by atoms with Crippen molar-refractivity contribution in [2.75, 3.05) is 18.0 Å². The van der Waals surface area contributed by atoms with Crippen molar-refractivity contribution in [2.24, 2.45) is 5.92 Å². The lowest BCUT2D eigenvalue weighted by molar-refractivity contribution is 0.436. The quantitative estimate of drug-likeness (QED) is 0.381. The lowest BCUT2D eigenvalue weighted by Gasteiger charge is -2.31. The fourth-order valence-corrected chi connectivity index (χ4v) is 4.60. The van der Waals surface area contributed by atoms with E-state index in [-0.39, 0.29) is 5.69 Å². The van der Waals surface area contributed by atoms with Gasteiger partial charge in [-0.3, -0.25) is 4.57 Å². The molecule has 0 radical (unpaired) electrons. The molecule has 1 aromatic carbocycles. The van der Waals surface area contributed by atoms with Crippen molar-refractivity contribution < 1.29 is 8.78 Å². The van der Waals surface area contributed by atoms with Gasteiger partial charge in [0.2, 0.25) is 0 Å². The molecule has 5 aromatic rings. The zero-order chi connectivity index (χ0) is 23.9. The Kier molecular flexibility index (Phi) is 5.24. The first kappa shape index (κ1) is 21.4. The summed E-state index contributed by atoms with van der Waals surface area (Å²) in [6.45, 7) is 4.35. The van der Waals surface area contributed by atoms with Crippen molar-refractivity contribution >= 4 is 16.9 Å². The van der Waals surface area contributed by atoms with E-state index in [0.717, 1.165) is 47.4 Å². The Hall–Kier alpha value is -4.14. The SMILES string of the molecule is CC1CCN(c2ccc(-c3cnc4[nH]cc(-c5nncn5-c5cccc(F)c5F)c4c3)cn2)CC1. The van der Waals surface area contributed by atoms with Crippen molar-refractivity contribution in [1.29, 1.82) is 0 Å². The molecule has 0 amide bonds. The zero-order valence-electron chi connectivity index (χ0n) is 19.1. The van der Waals surface area contributed by atoms with E-state index < -0.39 is 11.6 Å². The van der Waals surface area contributed by atoms with E-state index >= 15 is 0 Å². The van der Waals surface area contributed by atoms with E-state index in [4.69, 9.17) is 4.98 Å². The molecule has 1 aliphatic rings. The van der Waals surface area contributed by atoms with Gasteiger partial charge in [-0.15, -0.1) is 10.2 Å². The smallest absolute Gasteiger partial charge is 0.182 e. The summed E-state index contributed by atoms with van der Waals surface area (Å²) in [5.74, 6) is 0.249. The van der Waals surface area contributed by atoms with Crippen LogP contribution in [0.4, 0.5) is 14.6 Å². The van der Waals surface area contributed by atoms with Crippen LogP contribution >= 0.6 is 0 Å². The molecule has 6 rings (SSSR count). The summed E-state index contributed by atoms with van der Waals surface area (Å²) in [6, 6.07) is 10.1. The fraction of sp³-hybridized carbons (Fsp3) is 0.231. The Labute approximate surface area is 200 Å². The minimum absolute atomic E-state index is 0.0374. The molecule has 0 aliphatic carbocycles. The zero-order valence-corrected chi connectivity index (χ0v) is 19.1. The minimum atomic E-state index is -0.957. The van der Waals surface area contributed by atoms with E-state index in [2.05, 4.69) is 44.1 Å². The summed E-state index contributed by atoms with van der Waals surface area (Å²) in [5, 5.41) is 8.93. The first-order valence-corrected chi connectivity index (χ1v) is 11.6. The molecule has 7 nitrogen and oxygen atoms in total. The van der Waals surface area contributed by atoms with Crippen LogP contribution in [0.3, 0.4) is 0 Å². The first-order chi connectivity index (χ1) is 17.1. The van der Waals surface area contributed by atoms with Crippen LogP contribution in [-0.4, -0.2) is 42.8 Å². The lowest BCUT2D eigenvalue weighted by atomic mass is 9.99. The number of rotatable bonds is 4. The number of anilines is 1. The van der Waals surface area contributed by atoms with Gasteiger partial charge in [0.15, 0.2) is 17.5 Å². The number of pyridine rings is 2. The Morgan fingerprint density at radius 1 is 1.00 bits per heavy atom. The van der Waals surface area contributed by atoms with Gasteiger partial charge in [0.05, 0.1) is 5.69 Å². The highest BCUT2D eigenvalue weighted by Crippen LogP contribution is 2.32. The number of hydrogen-bond donors (Lipinski definition) is 1. The number of nitrogens with zero attached hydrogens (tertiary/aromatic N) is 6. The Bertz CT molecular complexity index is 1500. The van der Waals surface area contributed by atoms with Gasteiger partial charge in [-0.05, 0) is 49.1 Å². The van der Waals surface area contributed by atoms with Crippen LogP contribution in [0.15, 0.2) is 61.3 Å². The van der Waals surface area contributed by atoms with E-state index in [0.29, 0.717) is 17.0 Å². The summed E-state index contributed by atoms with van der Waals surface area (Å²) in [7, 11) is 0. The van der Waals surface area contributed by atoms with Gasteiger partial charge in [-0.2, -0.15) is 0 Å². The van der Waals surface area contributed by atoms with Gasteiger partial charge in [0, 0.05) is 53.8 Å². The summed E-state index contributed by atoms with van der Waals surface area (Å²) >= 11 is 0. The maximum atomic E-state index is 14.5. The van der Waals surface area contributed by atoms with E-state index in [1.165, 1.54) is 35.9 Å². The van der Waals surface area contributed by atoms with Crippen LogP contribution < -0.4 is 4.90 Å². The highest BCUT2D eigenvalue weighted by Gasteiger charge is 2.19. The van der Waals surface area contributed by atoms with Crippen LogP contribution in [0.1, 0.15) is 19.8 Å². The summed E-state index contributed by atoms with van der Waals surface area (Å²) in [6.07, 6.45) is 9.14. The van der Waals surface area contributed by atoms with Crippen molar-refractivity contribution in [1.82, 2.24) is 29.7 Å². The normalized spacial score (nSPS) is 14.7. The second-order valence-corrected chi connectivity index (χ2v) is 8.99. The van der Waals surface area contributed by atoms with Crippen LogP contribution in [-0.2, 0) is 0 Å². The molecule has 0 bridgehead atoms. The molecular formula is C26H23F2N7. The van der Waals surface area contributed by atoms with E-state index in [9.17, 15) is 8.78 Å². The molecule has 1 fully saturated rings. The number of halogens is 2. The number of benzene rings is 1. The largest absolute Gasteiger partial charge is 0.357 e. The van der Waals surface area contributed by atoms with E-state index in [1.807, 2.05) is 12.3 Å². The molecule has 1 aliphatic heterocycles. The molecule has 5 heterocycles. The number of aromatic nitrogens is 6. The molecule has 0 spiro atoms. The Morgan fingerprint density at radius 3 is 2.63 bits per heavy atom. The van der Waals surface area contributed by atoms with Gasteiger partial charge in [-0.1, -0.05) is 13.0 Å². The number of aromatic amines is 1. The Balaban J connectivity index is 1.36. The molecule has 0 saturated carbocycles. The van der Waals surface area contributed by atoms with Gasteiger partial charge in [0.25, 0.3) is 0 Å². The predicted molar refractivity (Wildman–Crippen MR) is 130 cm³/mol. The summed E-state index contributed by atoms with van der Waals surface area (Å²) in [5.41, 5.74) is 3.22. The van der Waals surface area contributed by atoms with E-state index in [1.54, 1.807) is 12.4 Å². The van der Waals surface area contributed by atoms with Crippen LogP contribution in [0.2, 0.25) is 0 Å². The minimum Gasteiger partial charge on any atom is -0.357 e. The van der Waals surface area contributed by atoms with Crippen LogP contribution in [0.25, 0.3) is 39.2 Å². The molecule has 9 heteroatoms. The molecule has 1 saturated heterocycles. The second-order valence-electron chi connectivity index (χ2n) is 8.99. The molecule has 0 atom stereocenters. The van der Waals surface area contributed by atoms with Crippen molar-refractivity contribution in [3.05, 3.63) is 73.0 Å². The number of fused-ring (bicyclic) bond motifs is 1. The third-order valence-electron chi connectivity index (χ3n) is 6.70. The predicted octanol–water partition coefficient (Wildman–Crippen LogP) is 5.39. The average molecular weight is 472 g/mol. The molecular weight excluding hydrogens is 448 g/mol. The summed E-state index contributed by atoms with van der Waals surface area (Å²) < 4.78 is 29.8. The first-order valence-electron chi connectivity index (χ1n) is 11.6. The standard InChI is InChI=1S/C26H23F2N7/c1-16-7-9-34(10-8-16)23-6-5-17(12-29-23)18-11-19-20(14-31-25(19)30-13-18)26-33-32-15-35(26)22-4-2-3-21(27)24(22)28/h2-6,11-16H,7-10H2,1H3,(H,30,31). The van der Waals surface area contributed by atoms with Crippen LogP contribution in [0.5, 0.6) is 0 Å². The molecule has 4 aromatic heterocycles. The molecule has 0 unspecified atom stereocenters. The van der Waals surface area contributed by atoms with Crippen molar-refractivity contribution in [3.63, 3.8) is 0 Å². The average Bonchev–Trinajstić information content (AvgIpc) is 3.53. The number of piperidine rings is 1. The van der Waals surface area contributed by atoms with Crippen molar-refractivity contribution in [3.8, 4) is 28.2 Å². The third kappa shape index (κ3) is 3.82. The topological polar surface area (TPSA) is 75.5 Å². The van der Waals surface area contributed by atoms with Gasteiger partial charge < -0.3 is 9.88 Å². The number of nitrogens with one attached hydrogen (secondary N) is 1. The number of H-pyrrole nitrogens is 1. The van der Waals surface area contributed by atoms with Gasteiger partial charge in [-0.25, -0.2) is 18.7 Å². The number of hydrogen-bond acceptors (Lipinski definition) is 5. The van der Waals surface area contributed by atoms with Crippen molar-refractivity contribution in [2.45, 2.75) is 19.8 Å². The molecule has 176 valence electrons. The maximum Gasteiger partial charge on any atom is 0.182 e. The second kappa shape index (κ2) is 8.57.